The summed E-state index contributed by atoms with van der Waals surface area (Å²) in [5, 5.41) is 29.8. The van der Waals surface area contributed by atoms with Crippen molar-refractivity contribution < 1.29 is 9.85 Å². The van der Waals surface area contributed by atoms with Crippen LogP contribution in [0.4, 0.5) is 11.4 Å². The van der Waals surface area contributed by atoms with E-state index in [-0.39, 0.29) is 5.69 Å². The van der Waals surface area contributed by atoms with Crippen LogP contribution in [0.1, 0.15) is 0 Å². The van der Waals surface area contributed by atoms with Gasteiger partial charge in [-0.15, -0.1) is 0 Å². The molecule has 0 bridgehead atoms. The van der Waals surface area contributed by atoms with E-state index < -0.39 is 26.9 Å². The molecule has 11 nitrogen and oxygen atoms in total. The Morgan fingerprint density at radius 3 is 2.44 bits per heavy atom. The number of H-pyrrole nitrogens is 1. The molecule has 1 aromatic heterocycles. The minimum absolute atomic E-state index is 0.204. The molecule has 1 aromatic carbocycles. The van der Waals surface area contributed by atoms with Crippen LogP contribution >= 0.6 is 0 Å². The van der Waals surface area contributed by atoms with Gasteiger partial charge in [-0.1, -0.05) is 0 Å². The third-order valence-corrected chi connectivity index (χ3v) is 2.07. The summed E-state index contributed by atoms with van der Waals surface area (Å²) >= 11 is 0. The zero-order valence-electron chi connectivity index (χ0n) is 8.51. The van der Waals surface area contributed by atoms with Gasteiger partial charge in [0.25, 0.3) is 5.69 Å². The molecule has 0 aliphatic heterocycles. The predicted molar refractivity (Wildman–Crippen MR) is 55.3 cm³/mol. The minimum Gasteiger partial charge on any atom is -0.258 e. The lowest BCUT2D eigenvalue weighted by molar-refractivity contribution is -0.394. The highest BCUT2D eigenvalue weighted by Crippen LogP contribution is 2.26. The van der Waals surface area contributed by atoms with Crippen molar-refractivity contribution in [2.75, 3.05) is 0 Å². The predicted octanol–water partition coefficient (Wildman–Crippen LogP) is -0.228. The van der Waals surface area contributed by atoms with E-state index in [2.05, 4.69) is 10.4 Å². The maximum absolute atomic E-state index is 11.2. The van der Waals surface area contributed by atoms with Gasteiger partial charge in [-0.2, -0.15) is 4.68 Å². The van der Waals surface area contributed by atoms with Gasteiger partial charge in [0.1, 0.15) is 0 Å². The minimum atomic E-state index is -0.844. The first kappa shape index (κ1) is 11.4. The highest BCUT2D eigenvalue weighted by molar-refractivity contribution is 5.57. The molecule has 0 atom stereocenters. The Bertz CT molecular complexity index is 688. The average molecular weight is 252 g/mol. The molecule has 0 saturated carbocycles. The van der Waals surface area contributed by atoms with Crippen molar-refractivity contribution in [1.82, 2.24) is 20.2 Å². The average Bonchev–Trinajstić information content (AvgIpc) is 2.74. The number of non-ortho nitro benzene ring substituents is 1. The highest BCUT2D eigenvalue weighted by atomic mass is 16.6. The number of nitro benzene ring substituents is 2. The number of nitro groups is 2. The van der Waals surface area contributed by atoms with Gasteiger partial charge in [-0.3, -0.25) is 20.2 Å². The van der Waals surface area contributed by atoms with Gasteiger partial charge in [0.15, 0.2) is 5.69 Å². The van der Waals surface area contributed by atoms with Crippen molar-refractivity contribution in [3.8, 4) is 5.69 Å². The van der Waals surface area contributed by atoms with Gasteiger partial charge in [0.2, 0.25) is 0 Å². The fourth-order valence-electron chi connectivity index (χ4n) is 1.31. The molecule has 0 radical (unpaired) electrons. The van der Waals surface area contributed by atoms with E-state index in [1.165, 1.54) is 0 Å². The Morgan fingerprint density at radius 2 is 1.94 bits per heavy atom. The van der Waals surface area contributed by atoms with E-state index in [0.29, 0.717) is 4.68 Å². The van der Waals surface area contributed by atoms with E-state index in [1.54, 1.807) is 0 Å². The molecule has 1 N–H and O–H groups in total. The Hall–Kier alpha value is -3.11. The lowest BCUT2D eigenvalue weighted by Gasteiger charge is -2.00. The zero-order chi connectivity index (χ0) is 13.3. The van der Waals surface area contributed by atoms with Crippen molar-refractivity contribution >= 4 is 11.4 Å². The van der Waals surface area contributed by atoms with Crippen molar-refractivity contribution in [3.63, 3.8) is 0 Å². The molecule has 0 aliphatic rings. The van der Waals surface area contributed by atoms with E-state index in [9.17, 15) is 25.0 Å². The summed E-state index contributed by atoms with van der Waals surface area (Å²) in [4.78, 5) is 31.0. The van der Waals surface area contributed by atoms with Crippen molar-refractivity contribution in [3.05, 3.63) is 48.9 Å². The molecule has 0 spiro atoms. The summed E-state index contributed by atoms with van der Waals surface area (Å²) in [6, 6.07) is 2.83. The summed E-state index contributed by atoms with van der Waals surface area (Å²) in [6.07, 6.45) is 0. The van der Waals surface area contributed by atoms with E-state index >= 15 is 0 Å². The SMILES string of the molecule is O=c1[nH]nnn1-c1ccc([N+](=O)[O-])cc1[N+](=O)[O-]. The standard InChI is InChI=1S/C7H4N6O5/c14-7-8-9-10-11(7)5-2-1-4(12(15)16)3-6(5)13(17)18/h1-3H,(H,8,10,14). The van der Waals surface area contributed by atoms with Crippen LogP contribution in [0.3, 0.4) is 0 Å². The number of nitrogens with one attached hydrogen (secondary N) is 1. The molecular formula is C7H4N6O5. The maximum atomic E-state index is 11.2. The van der Waals surface area contributed by atoms with Crippen LogP contribution in [-0.2, 0) is 0 Å². The van der Waals surface area contributed by atoms with E-state index in [1.807, 2.05) is 5.10 Å². The number of aromatic amines is 1. The summed E-state index contributed by atoms with van der Waals surface area (Å²) in [5.41, 5.74) is -2.06. The Balaban J connectivity index is 2.69. The van der Waals surface area contributed by atoms with Crippen LogP contribution in [0.2, 0.25) is 0 Å². The molecule has 1 heterocycles. The van der Waals surface area contributed by atoms with Gasteiger partial charge in [0, 0.05) is 6.07 Å². The molecule has 0 unspecified atom stereocenters. The topological polar surface area (TPSA) is 150 Å². The molecule has 2 rings (SSSR count). The molecule has 2 aromatic rings. The smallest absolute Gasteiger partial charge is 0.258 e. The van der Waals surface area contributed by atoms with Crippen molar-refractivity contribution in [2.24, 2.45) is 0 Å². The molecule has 92 valence electrons. The Morgan fingerprint density at radius 1 is 1.22 bits per heavy atom. The second-order valence-corrected chi connectivity index (χ2v) is 3.11. The monoisotopic (exact) mass is 252 g/mol. The van der Waals surface area contributed by atoms with Crippen LogP contribution in [0.25, 0.3) is 5.69 Å². The number of benzene rings is 1. The Labute approximate surface area is 96.9 Å². The van der Waals surface area contributed by atoms with Crippen molar-refractivity contribution in [1.29, 1.82) is 0 Å². The lowest BCUT2D eigenvalue weighted by Crippen LogP contribution is -2.17. The quantitative estimate of drug-likeness (QED) is 0.585. The zero-order valence-corrected chi connectivity index (χ0v) is 8.51. The number of aromatic nitrogens is 4. The van der Waals surface area contributed by atoms with Gasteiger partial charge >= 0.3 is 11.4 Å². The van der Waals surface area contributed by atoms with Gasteiger partial charge in [-0.05, 0) is 16.5 Å². The number of tetrazole rings is 1. The molecular weight excluding hydrogens is 248 g/mol. The fourth-order valence-corrected chi connectivity index (χ4v) is 1.31. The molecule has 11 heteroatoms. The number of hydrogen-bond acceptors (Lipinski definition) is 7. The first-order chi connectivity index (χ1) is 8.50. The van der Waals surface area contributed by atoms with Gasteiger partial charge < -0.3 is 0 Å². The molecule has 0 saturated heterocycles. The summed E-state index contributed by atoms with van der Waals surface area (Å²) in [7, 11) is 0. The molecule has 0 amide bonds. The van der Waals surface area contributed by atoms with Gasteiger partial charge in [-0.25, -0.2) is 9.89 Å². The first-order valence-corrected chi connectivity index (χ1v) is 4.44. The summed E-state index contributed by atoms with van der Waals surface area (Å²) in [5.74, 6) is 0. The van der Waals surface area contributed by atoms with Crippen LogP contribution in [-0.4, -0.2) is 30.1 Å². The summed E-state index contributed by atoms with van der Waals surface area (Å²) < 4.78 is 0.641. The normalized spacial score (nSPS) is 10.2. The molecule has 0 fully saturated rings. The number of hydrogen-bond donors (Lipinski definition) is 1. The summed E-state index contributed by atoms with van der Waals surface area (Å²) in [6.45, 7) is 0. The second-order valence-electron chi connectivity index (χ2n) is 3.11. The largest absolute Gasteiger partial charge is 0.366 e. The molecule has 0 aliphatic carbocycles. The number of nitrogens with zero attached hydrogens (tertiary/aromatic N) is 5. The Kier molecular flexibility index (Phi) is 2.56. The third-order valence-electron chi connectivity index (χ3n) is 2.07. The lowest BCUT2D eigenvalue weighted by atomic mass is 10.2. The van der Waals surface area contributed by atoms with Gasteiger partial charge in [0.05, 0.1) is 15.9 Å². The van der Waals surface area contributed by atoms with Crippen LogP contribution in [0.15, 0.2) is 23.0 Å². The van der Waals surface area contributed by atoms with E-state index in [0.717, 1.165) is 18.2 Å². The molecule has 18 heavy (non-hydrogen) atoms. The first-order valence-electron chi connectivity index (χ1n) is 4.44. The van der Waals surface area contributed by atoms with Crippen LogP contribution in [0, 0.1) is 20.2 Å². The van der Waals surface area contributed by atoms with Crippen LogP contribution in [0.5, 0.6) is 0 Å². The van der Waals surface area contributed by atoms with E-state index in [4.69, 9.17) is 0 Å². The highest BCUT2D eigenvalue weighted by Gasteiger charge is 2.22. The van der Waals surface area contributed by atoms with Crippen molar-refractivity contribution in [2.45, 2.75) is 0 Å². The second kappa shape index (κ2) is 4.04. The maximum Gasteiger partial charge on any atom is 0.366 e. The number of rotatable bonds is 3. The fraction of sp³-hybridized carbons (Fsp3) is 0. The van der Waals surface area contributed by atoms with Crippen LogP contribution < -0.4 is 5.69 Å². The third kappa shape index (κ3) is 1.79.